The lowest BCUT2D eigenvalue weighted by molar-refractivity contribution is -0.132. The third-order valence-electron chi connectivity index (χ3n) is 7.62. The lowest BCUT2D eigenvalue weighted by Crippen LogP contribution is -2.60. The number of nitrogens with zero attached hydrogens (tertiary/aromatic N) is 1. The molecule has 4 N–H and O–H groups in total. The van der Waals surface area contributed by atoms with Crippen molar-refractivity contribution in [2.45, 2.75) is 76.1 Å². The standard InChI is InChI=1S/C28H34N4O4/c1-26(2)13-20(32-22(33)14-27(3,4)31-25(32)29)18-12-16(10-11-19(18)26)24(34)30-23-17-8-6-7-9-21(17)36-15-28(23,5)35/h6-12,20,23,35H,13-15H2,1-5H3,(H2,29,31)(H,30,34)/t20-,23-,28-/m1/s1. The molecule has 2 amide bonds. The minimum Gasteiger partial charge on any atom is -0.490 e. The number of rotatable bonds is 3. The number of fused-ring (bicyclic) bond motifs is 2. The van der Waals surface area contributed by atoms with E-state index in [1.807, 2.05) is 50.2 Å². The second kappa shape index (κ2) is 8.06. The molecule has 2 aromatic rings. The minimum atomic E-state index is -1.28. The van der Waals surface area contributed by atoms with Crippen molar-refractivity contribution in [3.05, 3.63) is 64.7 Å². The average molecular weight is 491 g/mol. The molecule has 0 saturated carbocycles. The van der Waals surface area contributed by atoms with Crippen molar-refractivity contribution in [1.82, 2.24) is 15.5 Å². The van der Waals surface area contributed by atoms with Gasteiger partial charge in [0.05, 0.1) is 12.1 Å². The topological polar surface area (TPSA) is 115 Å². The molecule has 1 aliphatic carbocycles. The zero-order valence-corrected chi connectivity index (χ0v) is 21.4. The highest BCUT2D eigenvalue weighted by Gasteiger charge is 2.46. The Kier molecular flexibility index (Phi) is 5.44. The summed E-state index contributed by atoms with van der Waals surface area (Å²) in [5.74, 6) is 0.321. The molecule has 2 aliphatic heterocycles. The molecule has 0 bridgehead atoms. The maximum atomic E-state index is 13.5. The SMILES string of the molecule is CC1(C)CC(=O)N([C@@H]2CC(C)(C)c3ccc(C(=O)N[C@@H]4c5ccccc5OC[C@@]4(C)O)cc32)C(=N)N1. The van der Waals surface area contributed by atoms with Gasteiger partial charge in [-0.25, -0.2) is 0 Å². The number of hydrogen-bond acceptors (Lipinski definition) is 5. The van der Waals surface area contributed by atoms with E-state index in [9.17, 15) is 14.7 Å². The van der Waals surface area contributed by atoms with Gasteiger partial charge in [0, 0.05) is 23.1 Å². The highest BCUT2D eigenvalue weighted by molar-refractivity contribution is 6.00. The van der Waals surface area contributed by atoms with Gasteiger partial charge in [-0.05, 0) is 61.9 Å². The summed E-state index contributed by atoms with van der Waals surface area (Å²) in [6.45, 7) is 9.79. The monoisotopic (exact) mass is 490 g/mol. The number of carbonyl (C=O) groups is 2. The third-order valence-corrected chi connectivity index (χ3v) is 7.62. The first-order valence-electron chi connectivity index (χ1n) is 12.4. The molecule has 3 atom stereocenters. The van der Waals surface area contributed by atoms with Gasteiger partial charge in [0.1, 0.15) is 18.0 Å². The van der Waals surface area contributed by atoms with Crippen LogP contribution in [0.3, 0.4) is 0 Å². The molecular weight excluding hydrogens is 456 g/mol. The molecular formula is C28H34N4O4. The molecule has 0 unspecified atom stereocenters. The Morgan fingerprint density at radius 1 is 1.14 bits per heavy atom. The summed E-state index contributed by atoms with van der Waals surface area (Å²) in [4.78, 5) is 28.1. The summed E-state index contributed by atoms with van der Waals surface area (Å²) < 4.78 is 5.69. The van der Waals surface area contributed by atoms with Crippen LogP contribution in [0, 0.1) is 5.41 Å². The lowest BCUT2D eigenvalue weighted by atomic mass is 9.86. The zero-order valence-electron chi connectivity index (χ0n) is 21.4. The molecule has 8 nitrogen and oxygen atoms in total. The van der Waals surface area contributed by atoms with Crippen molar-refractivity contribution >= 4 is 17.8 Å². The summed E-state index contributed by atoms with van der Waals surface area (Å²) >= 11 is 0. The molecule has 0 radical (unpaired) electrons. The van der Waals surface area contributed by atoms with Gasteiger partial charge in [-0.1, -0.05) is 38.1 Å². The largest absolute Gasteiger partial charge is 0.490 e. The first-order valence-corrected chi connectivity index (χ1v) is 12.4. The highest BCUT2D eigenvalue weighted by atomic mass is 16.5. The zero-order chi connectivity index (χ0) is 26.0. The Morgan fingerprint density at radius 3 is 2.58 bits per heavy atom. The van der Waals surface area contributed by atoms with Gasteiger partial charge in [-0.3, -0.25) is 19.9 Å². The van der Waals surface area contributed by atoms with Gasteiger partial charge in [0.25, 0.3) is 5.91 Å². The van der Waals surface area contributed by atoms with Crippen LogP contribution in [0.4, 0.5) is 0 Å². The molecule has 2 aromatic carbocycles. The highest BCUT2D eigenvalue weighted by Crippen LogP contribution is 2.48. The van der Waals surface area contributed by atoms with E-state index in [0.717, 1.165) is 16.7 Å². The lowest BCUT2D eigenvalue weighted by Gasteiger charge is -2.41. The van der Waals surface area contributed by atoms with E-state index in [2.05, 4.69) is 24.5 Å². The van der Waals surface area contributed by atoms with Gasteiger partial charge < -0.3 is 20.5 Å². The number of hydrogen-bond donors (Lipinski definition) is 4. The Hall–Kier alpha value is -3.39. The summed E-state index contributed by atoms with van der Waals surface area (Å²) in [6, 6.07) is 12.0. The molecule has 5 rings (SSSR count). The Bertz CT molecular complexity index is 1250. The fraction of sp³-hybridized carbons (Fsp3) is 0.464. The maximum absolute atomic E-state index is 13.5. The predicted molar refractivity (Wildman–Crippen MR) is 136 cm³/mol. The van der Waals surface area contributed by atoms with Crippen LogP contribution in [0.1, 0.15) is 86.6 Å². The Labute approximate surface area is 211 Å². The number of aliphatic hydroxyl groups is 1. The minimum absolute atomic E-state index is 0.0674. The van der Waals surface area contributed by atoms with Crippen molar-refractivity contribution < 1.29 is 19.4 Å². The maximum Gasteiger partial charge on any atom is 0.251 e. The van der Waals surface area contributed by atoms with Crippen LogP contribution >= 0.6 is 0 Å². The van der Waals surface area contributed by atoms with Crippen LogP contribution in [0.15, 0.2) is 42.5 Å². The molecule has 1 saturated heterocycles. The molecule has 0 aromatic heterocycles. The van der Waals surface area contributed by atoms with Crippen LogP contribution in [0.2, 0.25) is 0 Å². The van der Waals surface area contributed by atoms with Gasteiger partial charge in [-0.15, -0.1) is 0 Å². The van der Waals surface area contributed by atoms with Gasteiger partial charge in [0.15, 0.2) is 5.96 Å². The second-order valence-electron chi connectivity index (χ2n) is 11.8. The molecule has 0 spiro atoms. The number of guanidine groups is 1. The number of para-hydroxylation sites is 1. The Balaban J connectivity index is 1.47. The molecule has 190 valence electrons. The predicted octanol–water partition coefficient (Wildman–Crippen LogP) is 3.56. The van der Waals surface area contributed by atoms with E-state index < -0.39 is 17.2 Å². The average Bonchev–Trinajstić information content (AvgIpc) is 3.04. The van der Waals surface area contributed by atoms with E-state index in [1.165, 1.54) is 0 Å². The van der Waals surface area contributed by atoms with Crippen molar-refractivity contribution in [1.29, 1.82) is 5.41 Å². The van der Waals surface area contributed by atoms with Crippen molar-refractivity contribution in [3.8, 4) is 5.75 Å². The first kappa shape index (κ1) is 24.3. The van der Waals surface area contributed by atoms with Gasteiger partial charge >= 0.3 is 0 Å². The molecule has 2 heterocycles. The van der Waals surface area contributed by atoms with E-state index in [4.69, 9.17) is 10.1 Å². The normalized spacial score (nSPS) is 28.0. The van der Waals surface area contributed by atoms with E-state index >= 15 is 0 Å². The number of amides is 2. The Morgan fingerprint density at radius 2 is 1.86 bits per heavy atom. The van der Waals surface area contributed by atoms with Crippen molar-refractivity contribution in [2.75, 3.05) is 6.61 Å². The summed E-state index contributed by atoms with van der Waals surface area (Å²) in [5, 5.41) is 25.7. The number of nitrogens with one attached hydrogen (secondary N) is 3. The molecule has 3 aliphatic rings. The fourth-order valence-corrected chi connectivity index (χ4v) is 5.81. The van der Waals surface area contributed by atoms with Gasteiger partial charge in [0.2, 0.25) is 5.91 Å². The second-order valence-corrected chi connectivity index (χ2v) is 11.8. The molecule has 1 fully saturated rings. The van der Waals surface area contributed by atoms with Crippen LogP contribution in [0.25, 0.3) is 0 Å². The van der Waals surface area contributed by atoms with Crippen molar-refractivity contribution in [3.63, 3.8) is 0 Å². The van der Waals surface area contributed by atoms with Crippen molar-refractivity contribution in [2.24, 2.45) is 0 Å². The number of carbonyl (C=O) groups excluding carboxylic acids is 2. The van der Waals surface area contributed by atoms with Gasteiger partial charge in [-0.2, -0.15) is 0 Å². The third kappa shape index (κ3) is 4.03. The number of ether oxygens (including phenoxy) is 1. The van der Waals surface area contributed by atoms with Crippen LogP contribution < -0.4 is 15.4 Å². The smallest absolute Gasteiger partial charge is 0.251 e. The molecule has 8 heteroatoms. The van der Waals surface area contributed by atoms with E-state index in [1.54, 1.807) is 17.9 Å². The quantitative estimate of drug-likeness (QED) is 0.525. The van der Waals surface area contributed by atoms with Crippen LogP contribution in [-0.4, -0.2) is 45.5 Å². The molecule has 36 heavy (non-hydrogen) atoms. The van der Waals surface area contributed by atoms with Crippen LogP contribution in [0.5, 0.6) is 5.75 Å². The summed E-state index contributed by atoms with van der Waals surface area (Å²) in [6.07, 6.45) is 0.950. The van der Waals surface area contributed by atoms with E-state index in [-0.39, 0.29) is 35.8 Å². The van der Waals surface area contributed by atoms with Crippen LogP contribution in [-0.2, 0) is 10.2 Å². The first-order chi connectivity index (χ1) is 16.8. The fourth-order valence-electron chi connectivity index (χ4n) is 5.81. The summed E-state index contributed by atoms with van der Waals surface area (Å²) in [7, 11) is 0. The van der Waals surface area contributed by atoms with E-state index in [0.29, 0.717) is 24.2 Å². The number of benzene rings is 2. The summed E-state index contributed by atoms with van der Waals surface area (Å²) in [5.41, 5.74) is 1.15.